The minimum Gasteiger partial charge on any atom is -0.506 e. The lowest BCUT2D eigenvalue weighted by Crippen LogP contribution is -2.12. The Morgan fingerprint density at radius 1 is 1.11 bits per heavy atom. The molecule has 0 saturated heterocycles. The number of amides is 1. The fraction of sp³-hybridized carbons (Fsp3) is 0.0500. The van der Waals surface area contributed by atoms with Crippen LogP contribution < -0.4 is 10.6 Å². The molecule has 0 spiro atoms. The van der Waals surface area contributed by atoms with Gasteiger partial charge in [-0.05, 0) is 24.3 Å². The Kier molecular flexibility index (Phi) is 3.33. The molecule has 0 aliphatic carbocycles. The summed E-state index contributed by atoms with van der Waals surface area (Å²) in [6, 6.07) is 14.3. The molecule has 0 fully saturated rings. The molecule has 1 aliphatic rings. The van der Waals surface area contributed by atoms with Crippen LogP contribution in [0.25, 0.3) is 22.4 Å². The molecular weight excluding hydrogens is 344 g/mol. The fourth-order valence-electron chi connectivity index (χ4n) is 3.19. The van der Waals surface area contributed by atoms with Crippen LogP contribution in [-0.4, -0.2) is 21.0 Å². The number of nitrogens with zero attached hydrogens (tertiary/aromatic N) is 2. The summed E-state index contributed by atoms with van der Waals surface area (Å²) in [5, 5.41) is 16.7. The predicted molar refractivity (Wildman–Crippen MR) is 101 cm³/mol. The van der Waals surface area contributed by atoms with E-state index in [9.17, 15) is 9.90 Å². The lowest BCUT2D eigenvalue weighted by Gasteiger charge is -2.09. The largest absolute Gasteiger partial charge is 0.506 e. The number of rotatable bonds is 2. The zero-order chi connectivity index (χ0) is 18.4. The van der Waals surface area contributed by atoms with Crippen molar-refractivity contribution in [2.24, 2.45) is 0 Å². The molecule has 27 heavy (non-hydrogen) atoms. The van der Waals surface area contributed by atoms with E-state index in [0.29, 0.717) is 39.9 Å². The van der Waals surface area contributed by atoms with E-state index in [2.05, 4.69) is 20.6 Å². The molecule has 2 aromatic heterocycles. The summed E-state index contributed by atoms with van der Waals surface area (Å²) < 4.78 is 5.99. The molecule has 0 saturated carbocycles. The smallest absolute Gasteiger partial charge is 0.229 e. The summed E-state index contributed by atoms with van der Waals surface area (Å²) in [6.45, 7) is 0. The number of furan rings is 1. The van der Waals surface area contributed by atoms with E-state index < -0.39 is 0 Å². The Labute approximate surface area is 153 Å². The van der Waals surface area contributed by atoms with Gasteiger partial charge in [-0.2, -0.15) is 0 Å². The van der Waals surface area contributed by atoms with Crippen molar-refractivity contribution in [1.82, 2.24) is 9.97 Å². The van der Waals surface area contributed by atoms with Crippen LogP contribution in [0.2, 0.25) is 0 Å². The summed E-state index contributed by atoms with van der Waals surface area (Å²) in [5.74, 6) is 0.750. The van der Waals surface area contributed by atoms with Crippen molar-refractivity contribution < 1.29 is 14.3 Å². The van der Waals surface area contributed by atoms with Crippen molar-refractivity contribution >= 4 is 34.2 Å². The van der Waals surface area contributed by atoms with Crippen molar-refractivity contribution in [2.45, 2.75) is 6.42 Å². The van der Waals surface area contributed by atoms with E-state index >= 15 is 0 Å². The molecule has 7 nitrogen and oxygen atoms in total. The number of aromatic hydroxyl groups is 1. The third-order valence-corrected chi connectivity index (χ3v) is 4.44. The second-order valence-electron chi connectivity index (χ2n) is 6.24. The first kappa shape index (κ1) is 15.4. The molecular formula is C20H14N4O3. The maximum absolute atomic E-state index is 12.3. The molecule has 3 N–H and O–H groups in total. The summed E-state index contributed by atoms with van der Waals surface area (Å²) in [7, 11) is 0. The highest BCUT2D eigenvalue weighted by Crippen LogP contribution is 2.40. The number of para-hydroxylation sites is 3. The van der Waals surface area contributed by atoms with Gasteiger partial charge in [0.05, 0.1) is 17.8 Å². The quantitative estimate of drug-likeness (QED) is 0.471. The molecule has 5 rings (SSSR count). The van der Waals surface area contributed by atoms with E-state index in [1.807, 2.05) is 24.3 Å². The number of phenolic OH excluding ortho intramolecular Hbond substituents is 1. The van der Waals surface area contributed by atoms with Gasteiger partial charge in [-0.1, -0.05) is 24.3 Å². The number of hydrogen-bond donors (Lipinski definition) is 3. The summed E-state index contributed by atoms with van der Waals surface area (Å²) in [6.07, 6.45) is 1.76. The first-order valence-electron chi connectivity index (χ1n) is 8.42. The van der Waals surface area contributed by atoms with Crippen LogP contribution in [0, 0.1) is 0 Å². The van der Waals surface area contributed by atoms with Crippen LogP contribution in [0.1, 0.15) is 5.56 Å². The summed E-state index contributed by atoms with van der Waals surface area (Å²) in [5.41, 5.74) is 3.00. The second kappa shape index (κ2) is 5.84. The number of fused-ring (bicyclic) bond motifs is 5. The number of anilines is 3. The topological polar surface area (TPSA) is 100 Å². The molecule has 1 aliphatic heterocycles. The molecule has 0 atom stereocenters. The lowest BCUT2D eigenvalue weighted by atomic mass is 10.1. The van der Waals surface area contributed by atoms with Gasteiger partial charge < -0.3 is 20.2 Å². The van der Waals surface area contributed by atoms with Crippen LogP contribution >= 0.6 is 0 Å². The monoisotopic (exact) mass is 358 g/mol. The van der Waals surface area contributed by atoms with Gasteiger partial charge in [-0.25, -0.2) is 9.97 Å². The van der Waals surface area contributed by atoms with Crippen molar-refractivity contribution in [3.8, 4) is 17.2 Å². The van der Waals surface area contributed by atoms with Gasteiger partial charge in [0.15, 0.2) is 5.76 Å². The maximum Gasteiger partial charge on any atom is 0.229 e. The first-order valence-corrected chi connectivity index (χ1v) is 8.42. The second-order valence-corrected chi connectivity index (χ2v) is 6.24. The number of phenols is 1. The Bertz CT molecular complexity index is 1200. The van der Waals surface area contributed by atoms with Crippen molar-refractivity contribution in [3.63, 3.8) is 0 Å². The molecule has 1 amide bonds. The minimum atomic E-state index is -0.147. The molecule has 7 heteroatoms. The standard InChI is InChI=1S/C20H14N4O3/c25-14-7-3-2-6-13(14)22-20-21-10-11-9-16(26)23-18-12-5-1-4-8-15(12)27-19(18)17(11)24-20/h1-8,10,25H,9H2,(H,23,26)(H,21,22,24). The van der Waals surface area contributed by atoms with Gasteiger partial charge in [0.25, 0.3) is 0 Å². The van der Waals surface area contributed by atoms with Gasteiger partial charge in [0, 0.05) is 17.1 Å². The third kappa shape index (κ3) is 2.56. The Hall–Kier alpha value is -3.87. The van der Waals surface area contributed by atoms with Gasteiger partial charge in [0.2, 0.25) is 11.9 Å². The third-order valence-electron chi connectivity index (χ3n) is 4.44. The van der Waals surface area contributed by atoms with Crippen LogP contribution in [-0.2, 0) is 11.2 Å². The fourth-order valence-corrected chi connectivity index (χ4v) is 3.19. The van der Waals surface area contributed by atoms with Gasteiger partial charge in [-0.15, -0.1) is 0 Å². The van der Waals surface area contributed by atoms with E-state index in [1.165, 1.54) is 0 Å². The van der Waals surface area contributed by atoms with Crippen molar-refractivity contribution in [2.75, 3.05) is 10.6 Å². The van der Waals surface area contributed by atoms with Crippen molar-refractivity contribution in [1.29, 1.82) is 0 Å². The lowest BCUT2D eigenvalue weighted by molar-refractivity contribution is -0.115. The number of benzene rings is 2. The number of carbonyl (C=O) groups excluding carboxylic acids is 1. The predicted octanol–water partition coefficient (Wildman–Crippen LogP) is 3.83. The zero-order valence-electron chi connectivity index (χ0n) is 14.1. The minimum absolute atomic E-state index is 0.0947. The van der Waals surface area contributed by atoms with Crippen LogP contribution in [0.4, 0.5) is 17.3 Å². The first-order chi connectivity index (χ1) is 13.2. The SMILES string of the molecule is O=C1Cc2cnc(Nc3ccccc3O)nc2-c2oc3ccccc3c2N1. The number of carbonyl (C=O) groups is 1. The molecule has 0 bridgehead atoms. The van der Waals surface area contributed by atoms with Gasteiger partial charge in [0.1, 0.15) is 17.0 Å². The Morgan fingerprint density at radius 2 is 1.93 bits per heavy atom. The van der Waals surface area contributed by atoms with E-state index in [0.717, 1.165) is 5.39 Å². The highest BCUT2D eigenvalue weighted by molar-refractivity contribution is 6.08. The van der Waals surface area contributed by atoms with Crippen LogP contribution in [0.15, 0.2) is 59.1 Å². The van der Waals surface area contributed by atoms with E-state index in [-0.39, 0.29) is 18.1 Å². The summed E-state index contributed by atoms with van der Waals surface area (Å²) in [4.78, 5) is 21.2. The normalized spacial score (nSPS) is 12.8. The van der Waals surface area contributed by atoms with Gasteiger partial charge in [-0.3, -0.25) is 4.79 Å². The average Bonchev–Trinajstić information content (AvgIpc) is 2.96. The number of hydrogen-bond acceptors (Lipinski definition) is 6. The van der Waals surface area contributed by atoms with E-state index in [4.69, 9.17) is 4.42 Å². The van der Waals surface area contributed by atoms with E-state index in [1.54, 1.807) is 30.5 Å². The van der Waals surface area contributed by atoms with Gasteiger partial charge >= 0.3 is 0 Å². The number of aromatic nitrogens is 2. The highest BCUT2D eigenvalue weighted by atomic mass is 16.3. The molecule has 2 aromatic carbocycles. The molecule has 3 heterocycles. The highest BCUT2D eigenvalue weighted by Gasteiger charge is 2.26. The molecule has 4 aromatic rings. The van der Waals surface area contributed by atoms with Crippen molar-refractivity contribution in [3.05, 3.63) is 60.3 Å². The Morgan fingerprint density at radius 3 is 2.81 bits per heavy atom. The average molecular weight is 358 g/mol. The van der Waals surface area contributed by atoms with Crippen LogP contribution in [0.3, 0.4) is 0 Å². The maximum atomic E-state index is 12.3. The van der Waals surface area contributed by atoms with Crippen LogP contribution in [0.5, 0.6) is 5.75 Å². The molecule has 132 valence electrons. The Balaban J connectivity index is 1.66. The summed E-state index contributed by atoms with van der Waals surface area (Å²) >= 11 is 0. The molecule has 0 radical (unpaired) electrons. The molecule has 0 unspecified atom stereocenters. The zero-order valence-corrected chi connectivity index (χ0v) is 14.1. The number of nitrogens with one attached hydrogen (secondary N) is 2.